The van der Waals surface area contributed by atoms with E-state index in [-0.39, 0.29) is 5.91 Å². The van der Waals surface area contributed by atoms with E-state index < -0.39 is 0 Å². The number of nitrogens with zero attached hydrogens (tertiary/aromatic N) is 3. The first kappa shape index (κ1) is 19.6. The highest BCUT2D eigenvalue weighted by molar-refractivity contribution is 7.99. The Labute approximate surface area is 178 Å². The van der Waals surface area contributed by atoms with Gasteiger partial charge in [-0.15, -0.1) is 11.8 Å². The van der Waals surface area contributed by atoms with Crippen LogP contribution in [0.3, 0.4) is 0 Å². The second-order valence-corrected chi connectivity index (χ2v) is 9.45. The molecule has 1 fully saturated rings. The van der Waals surface area contributed by atoms with Crippen LogP contribution < -0.4 is 4.90 Å². The quantitative estimate of drug-likeness (QED) is 0.527. The van der Waals surface area contributed by atoms with Crippen LogP contribution in [0.4, 0.5) is 5.13 Å². The summed E-state index contributed by atoms with van der Waals surface area (Å²) in [5.74, 6) is 1.06. The number of aromatic nitrogens is 1. The van der Waals surface area contributed by atoms with Crippen LogP contribution in [0.1, 0.15) is 12.0 Å². The zero-order valence-electron chi connectivity index (χ0n) is 15.7. The SMILES string of the molecule is Cc1ccc(SCCC(=O)N2CCN(c3nc4c(Cl)cccc4s3)CC2)cc1. The number of hydrogen-bond acceptors (Lipinski definition) is 5. The van der Waals surface area contributed by atoms with Gasteiger partial charge in [0.25, 0.3) is 0 Å². The number of halogens is 1. The minimum absolute atomic E-state index is 0.242. The number of hydrogen-bond donors (Lipinski definition) is 0. The van der Waals surface area contributed by atoms with Crippen molar-refractivity contribution in [3.63, 3.8) is 0 Å². The summed E-state index contributed by atoms with van der Waals surface area (Å²) in [5, 5.41) is 1.69. The number of carbonyl (C=O) groups is 1. The lowest BCUT2D eigenvalue weighted by Crippen LogP contribution is -2.48. The van der Waals surface area contributed by atoms with Gasteiger partial charge in [-0.2, -0.15) is 0 Å². The van der Waals surface area contributed by atoms with Gasteiger partial charge in [-0.25, -0.2) is 4.98 Å². The predicted octanol–water partition coefficient (Wildman–Crippen LogP) is 5.09. The van der Waals surface area contributed by atoms with E-state index in [1.54, 1.807) is 23.1 Å². The molecule has 0 N–H and O–H groups in total. The monoisotopic (exact) mass is 431 g/mol. The van der Waals surface area contributed by atoms with Crippen LogP contribution in [0.2, 0.25) is 5.02 Å². The number of rotatable bonds is 5. The first-order valence-electron chi connectivity index (χ1n) is 9.37. The molecule has 1 aliphatic heterocycles. The molecule has 0 bridgehead atoms. The van der Waals surface area contributed by atoms with Gasteiger partial charge in [-0.1, -0.05) is 46.7 Å². The number of para-hydroxylation sites is 1. The number of thioether (sulfide) groups is 1. The summed E-state index contributed by atoms with van der Waals surface area (Å²) in [6, 6.07) is 14.3. The van der Waals surface area contributed by atoms with Crippen LogP contribution >= 0.6 is 34.7 Å². The molecule has 3 aromatic rings. The molecule has 0 atom stereocenters. The van der Waals surface area contributed by atoms with E-state index in [0.717, 1.165) is 47.3 Å². The Kier molecular flexibility index (Phi) is 6.09. The third-order valence-electron chi connectivity index (χ3n) is 4.87. The Bertz CT molecular complexity index is 965. The smallest absolute Gasteiger partial charge is 0.223 e. The van der Waals surface area contributed by atoms with Crippen molar-refractivity contribution < 1.29 is 4.79 Å². The number of thiazole rings is 1. The van der Waals surface area contributed by atoms with E-state index in [4.69, 9.17) is 16.6 Å². The van der Waals surface area contributed by atoms with Crippen molar-refractivity contribution in [3.05, 3.63) is 53.1 Å². The van der Waals surface area contributed by atoms with Gasteiger partial charge >= 0.3 is 0 Å². The molecule has 4 rings (SSSR count). The standard InChI is InChI=1S/C21H22ClN3OS2/c1-15-5-7-16(8-6-15)27-14-9-19(26)24-10-12-25(13-11-24)21-23-20-17(22)3-2-4-18(20)28-21/h2-8H,9-14H2,1H3. The summed E-state index contributed by atoms with van der Waals surface area (Å²) >= 11 is 9.65. The highest BCUT2D eigenvalue weighted by Crippen LogP contribution is 2.33. The fraction of sp³-hybridized carbons (Fsp3) is 0.333. The van der Waals surface area contributed by atoms with Crippen molar-refractivity contribution in [3.8, 4) is 0 Å². The second kappa shape index (κ2) is 8.72. The van der Waals surface area contributed by atoms with Gasteiger partial charge in [0.15, 0.2) is 5.13 Å². The number of amides is 1. The lowest BCUT2D eigenvalue weighted by molar-refractivity contribution is -0.131. The number of fused-ring (bicyclic) bond motifs is 1. The fourth-order valence-electron chi connectivity index (χ4n) is 3.23. The summed E-state index contributed by atoms with van der Waals surface area (Å²) in [7, 11) is 0. The average molecular weight is 432 g/mol. The van der Waals surface area contributed by atoms with Gasteiger partial charge in [0.2, 0.25) is 5.91 Å². The Balaban J connectivity index is 1.27. The number of carbonyl (C=O) groups excluding carboxylic acids is 1. The Hall–Kier alpha value is -1.76. The van der Waals surface area contributed by atoms with E-state index in [0.29, 0.717) is 11.4 Å². The maximum atomic E-state index is 12.5. The van der Waals surface area contributed by atoms with E-state index in [1.807, 2.05) is 23.1 Å². The maximum absolute atomic E-state index is 12.5. The van der Waals surface area contributed by atoms with Crippen LogP contribution in [0.5, 0.6) is 0 Å². The van der Waals surface area contributed by atoms with E-state index >= 15 is 0 Å². The van der Waals surface area contributed by atoms with Gasteiger partial charge in [0, 0.05) is 43.2 Å². The van der Waals surface area contributed by atoms with Crippen molar-refractivity contribution in [2.24, 2.45) is 0 Å². The normalized spacial score (nSPS) is 14.6. The lowest BCUT2D eigenvalue weighted by atomic mass is 10.2. The highest BCUT2D eigenvalue weighted by Gasteiger charge is 2.23. The molecule has 1 saturated heterocycles. The first-order chi connectivity index (χ1) is 13.6. The largest absolute Gasteiger partial charge is 0.345 e. The van der Waals surface area contributed by atoms with Crippen molar-refractivity contribution >= 4 is 56.0 Å². The highest BCUT2D eigenvalue weighted by atomic mass is 35.5. The van der Waals surface area contributed by atoms with Crippen LogP contribution in [0.25, 0.3) is 10.2 Å². The molecule has 2 heterocycles. The first-order valence-corrected chi connectivity index (χ1v) is 11.6. The van der Waals surface area contributed by atoms with E-state index in [1.165, 1.54) is 10.5 Å². The topological polar surface area (TPSA) is 36.4 Å². The number of benzene rings is 2. The van der Waals surface area contributed by atoms with Gasteiger partial charge in [-0.05, 0) is 31.2 Å². The Morgan fingerprint density at radius 2 is 1.89 bits per heavy atom. The van der Waals surface area contributed by atoms with Gasteiger partial charge in [-0.3, -0.25) is 4.79 Å². The minimum atomic E-state index is 0.242. The number of piperazine rings is 1. The van der Waals surface area contributed by atoms with Crippen LogP contribution in [0, 0.1) is 6.92 Å². The molecule has 1 amide bonds. The zero-order chi connectivity index (χ0) is 19.5. The van der Waals surface area contributed by atoms with Crippen molar-refractivity contribution in [1.29, 1.82) is 0 Å². The molecule has 0 radical (unpaired) electrons. The molecule has 7 heteroatoms. The zero-order valence-corrected chi connectivity index (χ0v) is 18.1. The summed E-state index contributed by atoms with van der Waals surface area (Å²) in [6.07, 6.45) is 0.579. The molecule has 0 spiro atoms. The molecule has 1 aliphatic rings. The molecule has 146 valence electrons. The van der Waals surface area contributed by atoms with Gasteiger partial charge in [0.1, 0.15) is 5.52 Å². The number of anilines is 1. The van der Waals surface area contributed by atoms with Crippen LogP contribution in [-0.2, 0) is 4.79 Å². The summed E-state index contributed by atoms with van der Waals surface area (Å²) in [6.45, 7) is 5.21. The van der Waals surface area contributed by atoms with Gasteiger partial charge in [0.05, 0.1) is 9.72 Å². The van der Waals surface area contributed by atoms with Crippen LogP contribution in [-0.4, -0.2) is 47.7 Å². The minimum Gasteiger partial charge on any atom is -0.345 e. The molecule has 0 aliphatic carbocycles. The Morgan fingerprint density at radius 1 is 1.14 bits per heavy atom. The molecule has 0 saturated carbocycles. The second-order valence-electron chi connectivity index (χ2n) is 6.86. The fourth-order valence-corrected chi connectivity index (χ4v) is 5.39. The lowest BCUT2D eigenvalue weighted by Gasteiger charge is -2.34. The average Bonchev–Trinajstić information content (AvgIpc) is 3.15. The molecular formula is C21H22ClN3OS2. The third-order valence-corrected chi connectivity index (χ3v) is 7.27. The summed E-state index contributed by atoms with van der Waals surface area (Å²) < 4.78 is 1.11. The van der Waals surface area contributed by atoms with E-state index in [9.17, 15) is 4.79 Å². The van der Waals surface area contributed by atoms with Gasteiger partial charge < -0.3 is 9.80 Å². The number of aryl methyl sites for hydroxylation is 1. The van der Waals surface area contributed by atoms with Crippen molar-refractivity contribution in [2.75, 3.05) is 36.8 Å². The molecule has 1 aromatic heterocycles. The van der Waals surface area contributed by atoms with Crippen molar-refractivity contribution in [2.45, 2.75) is 18.2 Å². The molecule has 4 nitrogen and oxygen atoms in total. The summed E-state index contributed by atoms with van der Waals surface area (Å²) in [4.78, 5) is 22.7. The Morgan fingerprint density at radius 3 is 2.61 bits per heavy atom. The predicted molar refractivity (Wildman–Crippen MR) is 120 cm³/mol. The van der Waals surface area contributed by atoms with Crippen LogP contribution in [0.15, 0.2) is 47.4 Å². The maximum Gasteiger partial charge on any atom is 0.223 e. The third kappa shape index (κ3) is 4.45. The molecule has 0 unspecified atom stereocenters. The summed E-state index contributed by atoms with van der Waals surface area (Å²) in [5.41, 5.74) is 2.13. The van der Waals surface area contributed by atoms with E-state index in [2.05, 4.69) is 36.1 Å². The van der Waals surface area contributed by atoms with Crippen molar-refractivity contribution in [1.82, 2.24) is 9.88 Å². The molecule has 2 aromatic carbocycles. The molecular weight excluding hydrogens is 410 g/mol. The molecule has 28 heavy (non-hydrogen) atoms.